The number of nitrogens with zero attached hydrogens (tertiary/aromatic N) is 1. The zero-order valence-corrected chi connectivity index (χ0v) is 20.7. The predicted molar refractivity (Wildman–Crippen MR) is 124 cm³/mol. The second-order valence-corrected chi connectivity index (χ2v) is 9.39. The van der Waals surface area contributed by atoms with Crippen molar-refractivity contribution in [3.8, 4) is 0 Å². The summed E-state index contributed by atoms with van der Waals surface area (Å²) in [7, 11) is 0. The highest BCUT2D eigenvalue weighted by Crippen LogP contribution is 2.41. The molecule has 2 heterocycles. The summed E-state index contributed by atoms with van der Waals surface area (Å²) in [5, 5.41) is 10.8. The first-order chi connectivity index (χ1) is 16.9. The maximum absolute atomic E-state index is 12.8. The number of nitrogens with two attached hydrogens (primary N) is 2. The molecule has 2 aliphatic rings. The van der Waals surface area contributed by atoms with E-state index >= 15 is 0 Å². The van der Waals surface area contributed by atoms with Crippen LogP contribution in [0.4, 0.5) is 4.79 Å². The molecule has 3 atom stereocenters. The van der Waals surface area contributed by atoms with Gasteiger partial charge in [0, 0.05) is 12.2 Å². The van der Waals surface area contributed by atoms with Gasteiger partial charge in [-0.15, -0.1) is 11.8 Å². The molecule has 14 nitrogen and oxygen atoms in total. The van der Waals surface area contributed by atoms with Crippen LogP contribution in [0.25, 0.3) is 0 Å². The molecule has 2 rings (SSSR count). The molecule has 1 saturated heterocycles. The molecule has 0 unspecified atom stereocenters. The van der Waals surface area contributed by atoms with Crippen molar-refractivity contribution in [2.75, 3.05) is 19.0 Å². The highest BCUT2D eigenvalue weighted by Gasteiger charge is 2.54. The first-order valence-corrected chi connectivity index (χ1v) is 12.2. The lowest BCUT2D eigenvalue weighted by Gasteiger charge is -2.49. The summed E-state index contributed by atoms with van der Waals surface area (Å²) in [6.45, 7) is 2.67. The normalized spacial score (nSPS) is 19.7. The van der Waals surface area contributed by atoms with E-state index in [0.29, 0.717) is 5.57 Å². The van der Waals surface area contributed by atoms with E-state index in [1.807, 2.05) is 0 Å². The third kappa shape index (κ3) is 7.84. The van der Waals surface area contributed by atoms with Crippen molar-refractivity contribution in [1.82, 2.24) is 10.2 Å². The van der Waals surface area contributed by atoms with Crippen LogP contribution in [0.15, 0.2) is 11.3 Å². The summed E-state index contributed by atoms with van der Waals surface area (Å²) >= 11 is 1.24. The van der Waals surface area contributed by atoms with Crippen LogP contribution in [-0.4, -0.2) is 88.4 Å². The number of hydrogen-bond acceptors (Lipinski definition) is 11. The van der Waals surface area contributed by atoms with Gasteiger partial charge in [0.1, 0.15) is 36.4 Å². The number of carboxylic acid groups (broad SMARTS) is 1. The first-order valence-electron chi connectivity index (χ1n) is 11.2. The highest BCUT2D eigenvalue weighted by atomic mass is 32.2. The molecule has 1 fully saturated rings. The minimum Gasteiger partial charge on any atom is -0.480 e. The van der Waals surface area contributed by atoms with Crippen LogP contribution in [0, 0.1) is 0 Å². The largest absolute Gasteiger partial charge is 0.508 e. The van der Waals surface area contributed by atoms with E-state index in [-0.39, 0.29) is 56.5 Å². The molecule has 36 heavy (non-hydrogen) atoms. The van der Waals surface area contributed by atoms with Crippen LogP contribution in [0.3, 0.4) is 0 Å². The second kappa shape index (κ2) is 13.1. The Balaban J connectivity index is 1.98. The van der Waals surface area contributed by atoms with Crippen molar-refractivity contribution in [2.24, 2.45) is 11.5 Å². The lowest BCUT2D eigenvalue weighted by atomic mass is 10.0. The number of rotatable bonds is 13. The third-order valence-electron chi connectivity index (χ3n) is 5.05. The summed E-state index contributed by atoms with van der Waals surface area (Å²) in [6, 6.07) is -2.00. The van der Waals surface area contributed by atoms with Crippen molar-refractivity contribution < 1.29 is 48.1 Å². The molecule has 0 aromatic rings. The smallest absolute Gasteiger partial charge is 0.480 e. The lowest BCUT2D eigenvalue weighted by molar-refractivity contribution is -0.153. The summed E-state index contributed by atoms with van der Waals surface area (Å²) < 4.78 is 14.7. The number of esters is 1. The number of primary amides is 1. The van der Waals surface area contributed by atoms with Crippen LogP contribution in [-0.2, 0) is 38.2 Å². The van der Waals surface area contributed by atoms with Crippen molar-refractivity contribution in [3.05, 3.63) is 11.3 Å². The fraction of sp³-hybridized carbons (Fsp3) is 0.619. The number of carbonyl (C=O) groups is 6. The van der Waals surface area contributed by atoms with Gasteiger partial charge in [-0.2, -0.15) is 0 Å². The van der Waals surface area contributed by atoms with Gasteiger partial charge in [0.2, 0.25) is 11.8 Å². The van der Waals surface area contributed by atoms with Gasteiger partial charge >= 0.3 is 18.1 Å². The fourth-order valence-corrected chi connectivity index (χ4v) is 4.77. The number of amides is 3. The number of β-lactam (4-membered cyclic amide) rings is 1. The van der Waals surface area contributed by atoms with Crippen molar-refractivity contribution >= 4 is 47.6 Å². The molecule has 0 aromatic heterocycles. The Hall–Kier alpha value is -3.33. The van der Waals surface area contributed by atoms with Crippen LogP contribution >= 0.6 is 11.8 Å². The number of fused-ring (bicyclic) bond motifs is 1. The van der Waals surface area contributed by atoms with E-state index < -0.39 is 53.3 Å². The van der Waals surface area contributed by atoms with E-state index in [0.717, 1.165) is 4.90 Å². The number of aliphatic carboxylic acids is 1. The highest BCUT2D eigenvalue weighted by molar-refractivity contribution is 8.00. The maximum Gasteiger partial charge on any atom is 0.508 e. The Kier molecular flexibility index (Phi) is 10.5. The van der Waals surface area contributed by atoms with Crippen molar-refractivity contribution in [3.63, 3.8) is 0 Å². The van der Waals surface area contributed by atoms with Crippen molar-refractivity contribution in [1.29, 1.82) is 0 Å². The molecule has 2 aliphatic heterocycles. The van der Waals surface area contributed by atoms with Gasteiger partial charge in [-0.3, -0.25) is 24.1 Å². The molecule has 0 saturated carbocycles. The monoisotopic (exact) mass is 530 g/mol. The average molecular weight is 531 g/mol. The van der Waals surface area contributed by atoms with Gasteiger partial charge in [-0.25, -0.2) is 9.59 Å². The molecule has 0 aliphatic carbocycles. The second-order valence-electron chi connectivity index (χ2n) is 8.29. The van der Waals surface area contributed by atoms with Crippen molar-refractivity contribution in [2.45, 2.75) is 63.1 Å². The third-order valence-corrected chi connectivity index (χ3v) is 6.39. The molecular formula is C21H30N4O10S. The first kappa shape index (κ1) is 28.9. The van der Waals surface area contributed by atoms with E-state index in [9.17, 15) is 28.8 Å². The molecule has 0 aromatic carbocycles. The Morgan fingerprint density at radius 2 is 1.86 bits per heavy atom. The zero-order chi connectivity index (χ0) is 27.0. The van der Waals surface area contributed by atoms with E-state index in [1.165, 1.54) is 11.8 Å². The number of carbonyl (C=O) groups excluding carboxylic acids is 5. The van der Waals surface area contributed by atoms with Gasteiger partial charge in [-0.1, -0.05) is 0 Å². The topological polar surface area (TPSA) is 218 Å². The van der Waals surface area contributed by atoms with Gasteiger partial charge in [0.25, 0.3) is 5.91 Å². The Morgan fingerprint density at radius 1 is 1.19 bits per heavy atom. The van der Waals surface area contributed by atoms with Gasteiger partial charge < -0.3 is 36.1 Å². The molecule has 200 valence electrons. The summed E-state index contributed by atoms with van der Waals surface area (Å²) in [4.78, 5) is 72.7. The molecular weight excluding hydrogens is 500 g/mol. The summed E-state index contributed by atoms with van der Waals surface area (Å²) in [6.07, 6.45) is -1.30. The number of ether oxygens (including phenoxy) is 3. The number of nitrogens with one attached hydrogen (secondary N) is 1. The Labute approximate surface area is 211 Å². The predicted octanol–water partition coefficient (Wildman–Crippen LogP) is -0.797. The lowest BCUT2D eigenvalue weighted by Crippen LogP contribution is -2.70. The maximum atomic E-state index is 12.8. The summed E-state index contributed by atoms with van der Waals surface area (Å²) in [5.41, 5.74) is 10.9. The van der Waals surface area contributed by atoms with Crippen LogP contribution in [0.5, 0.6) is 0 Å². The fourth-order valence-electron chi connectivity index (χ4n) is 3.42. The zero-order valence-electron chi connectivity index (χ0n) is 19.9. The van der Waals surface area contributed by atoms with Gasteiger partial charge in [0.15, 0.2) is 0 Å². The minimum atomic E-state index is -1.17. The standard InChI is InChI=1S/C21H30N4O10S/c1-10(2)35-21(32)34-7-6-33-20(31)16-11(8-13(23)26)9-36-18-15(17(28)25(16)18)24-14(27)5-3-4-12(22)19(29)30/h10,12,15,18H,3-9,22H2,1-2H3,(H2,23,26)(H,24,27)(H,29,30)/t12-,15-,18-/m1/s1. The molecule has 6 N–H and O–H groups in total. The molecule has 0 spiro atoms. The SMILES string of the molecule is CC(C)OC(=O)OCCOC(=O)C1=C(CC(N)=O)CS[C@@H]2[C@H](NC(=O)CCC[C@@H](N)C(=O)O)C(=O)N12. The molecule has 15 heteroatoms. The minimum absolute atomic E-state index is 0.0287. The van der Waals surface area contributed by atoms with Gasteiger partial charge in [0.05, 0.1) is 12.5 Å². The quantitative estimate of drug-likeness (QED) is 0.131. The summed E-state index contributed by atoms with van der Waals surface area (Å²) in [5.74, 6) is -3.62. The van der Waals surface area contributed by atoms with Crippen LogP contribution in [0.2, 0.25) is 0 Å². The average Bonchev–Trinajstić information content (AvgIpc) is 2.78. The van der Waals surface area contributed by atoms with E-state index in [2.05, 4.69) is 5.32 Å². The number of hydrogen-bond donors (Lipinski definition) is 4. The van der Waals surface area contributed by atoms with E-state index in [1.54, 1.807) is 13.8 Å². The Bertz CT molecular complexity index is 938. The molecule has 3 amide bonds. The van der Waals surface area contributed by atoms with Crippen LogP contribution in [0.1, 0.15) is 39.5 Å². The molecule has 0 radical (unpaired) electrons. The Morgan fingerprint density at radius 3 is 2.47 bits per heavy atom. The number of thioether (sulfide) groups is 1. The molecule has 0 bridgehead atoms. The van der Waals surface area contributed by atoms with Gasteiger partial charge in [-0.05, 0) is 32.3 Å². The number of carboxylic acids is 1. The van der Waals surface area contributed by atoms with E-state index in [4.69, 9.17) is 30.8 Å². The van der Waals surface area contributed by atoms with Crippen LogP contribution < -0.4 is 16.8 Å².